The molecule has 0 aliphatic heterocycles. The molecule has 6 heteroatoms. The molecular weight excluding hydrogens is 316 g/mol. The van der Waals surface area contributed by atoms with Gasteiger partial charge in [-0.2, -0.15) is 5.10 Å². The quantitative estimate of drug-likeness (QED) is 0.684. The summed E-state index contributed by atoms with van der Waals surface area (Å²) >= 11 is 0. The topological polar surface area (TPSA) is 90.9 Å². The van der Waals surface area contributed by atoms with Gasteiger partial charge in [0.1, 0.15) is 5.75 Å². The Kier molecular flexibility index (Phi) is 3.87. The van der Waals surface area contributed by atoms with Gasteiger partial charge in [0.2, 0.25) is 0 Å². The molecule has 1 aliphatic carbocycles. The lowest BCUT2D eigenvalue weighted by Gasteiger charge is -2.13. The Morgan fingerprint density at radius 3 is 2.68 bits per heavy atom. The summed E-state index contributed by atoms with van der Waals surface area (Å²) in [5, 5.41) is 20.5. The molecule has 1 amide bonds. The molecule has 128 valence electrons. The Morgan fingerprint density at radius 1 is 1.24 bits per heavy atom. The summed E-state index contributed by atoms with van der Waals surface area (Å²) < 4.78 is 0. The molecule has 1 fully saturated rings. The minimum absolute atomic E-state index is 0.0798. The number of aromatic hydroxyl groups is 1. The van der Waals surface area contributed by atoms with Crippen LogP contribution in [0.2, 0.25) is 0 Å². The molecule has 0 radical (unpaired) electrons. The molecule has 0 spiro atoms. The van der Waals surface area contributed by atoms with Gasteiger partial charge in [-0.15, -0.1) is 0 Å². The Hall–Kier alpha value is -2.89. The van der Waals surface area contributed by atoms with E-state index in [4.69, 9.17) is 0 Å². The standard InChI is InChI=1S/C19H20N4O2/c1-11-17-15(19(25)20-13-4-2-3-5-13)10-16(21-18(17)23-22-11)12-6-8-14(24)9-7-12/h6-10,13,24H,2-5H2,1H3,(H,20,25)(H,21,22,23). The molecule has 0 saturated heterocycles. The van der Waals surface area contributed by atoms with Gasteiger partial charge in [0.05, 0.1) is 16.6 Å². The maximum absolute atomic E-state index is 12.9. The van der Waals surface area contributed by atoms with E-state index in [-0.39, 0.29) is 17.7 Å². The summed E-state index contributed by atoms with van der Waals surface area (Å²) in [5.41, 5.74) is 3.44. The summed E-state index contributed by atoms with van der Waals surface area (Å²) in [4.78, 5) is 17.4. The summed E-state index contributed by atoms with van der Waals surface area (Å²) in [6.07, 6.45) is 4.41. The number of H-pyrrole nitrogens is 1. The first-order chi connectivity index (χ1) is 12.1. The molecule has 1 saturated carbocycles. The maximum atomic E-state index is 12.9. The first kappa shape index (κ1) is 15.6. The van der Waals surface area contributed by atoms with E-state index in [0.29, 0.717) is 16.9 Å². The average Bonchev–Trinajstić information content (AvgIpc) is 3.25. The number of fused-ring (bicyclic) bond motifs is 1. The number of carbonyl (C=O) groups excluding carboxylic acids is 1. The van der Waals surface area contributed by atoms with Crippen LogP contribution in [0.4, 0.5) is 0 Å². The average molecular weight is 336 g/mol. The second-order valence-corrected chi connectivity index (χ2v) is 6.60. The van der Waals surface area contributed by atoms with Gasteiger partial charge >= 0.3 is 0 Å². The molecule has 3 N–H and O–H groups in total. The van der Waals surface area contributed by atoms with Gasteiger partial charge < -0.3 is 10.4 Å². The number of hydrogen-bond acceptors (Lipinski definition) is 4. The Balaban J connectivity index is 1.78. The SMILES string of the molecule is Cc1[nH]nc2nc(-c3ccc(O)cc3)cc(C(=O)NC3CCCC3)c12. The van der Waals surface area contributed by atoms with E-state index in [0.717, 1.165) is 29.5 Å². The van der Waals surface area contributed by atoms with Crippen LogP contribution in [0, 0.1) is 6.92 Å². The number of benzene rings is 1. The molecule has 4 rings (SSSR count). The number of amides is 1. The zero-order chi connectivity index (χ0) is 17.4. The van der Waals surface area contributed by atoms with Crippen LogP contribution in [0.25, 0.3) is 22.3 Å². The van der Waals surface area contributed by atoms with Crippen LogP contribution in [-0.4, -0.2) is 32.2 Å². The number of rotatable bonds is 3. The lowest BCUT2D eigenvalue weighted by Crippen LogP contribution is -2.32. The third-order valence-electron chi connectivity index (χ3n) is 4.80. The van der Waals surface area contributed by atoms with E-state index >= 15 is 0 Å². The number of nitrogens with zero attached hydrogens (tertiary/aromatic N) is 2. The van der Waals surface area contributed by atoms with Crippen molar-refractivity contribution in [1.29, 1.82) is 0 Å². The summed E-state index contributed by atoms with van der Waals surface area (Å²) in [6.45, 7) is 1.89. The molecule has 0 bridgehead atoms. The highest BCUT2D eigenvalue weighted by Gasteiger charge is 2.22. The maximum Gasteiger partial charge on any atom is 0.252 e. The Labute approximate surface area is 145 Å². The number of phenols is 1. The number of pyridine rings is 1. The summed E-state index contributed by atoms with van der Waals surface area (Å²) in [6, 6.07) is 8.83. The number of aromatic nitrogens is 3. The van der Waals surface area contributed by atoms with Crippen molar-refractivity contribution in [2.45, 2.75) is 38.6 Å². The first-order valence-electron chi connectivity index (χ1n) is 8.58. The second-order valence-electron chi connectivity index (χ2n) is 6.60. The number of phenolic OH excluding ortho intramolecular Hbond substituents is 1. The van der Waals surface area contributed by atoms with Crippen LogP contribution in [0.3, 0.4) is 0 Å². The fourth-order valence-corrected chi connectivity index (χ4v) is 3.47. The van der Waals surface area contributed by atoms with Gasteiger partial charge in [-0.3, -0.25) is 9.89 Å². The van der Waals surface area contributed by atoms with E-state index in [1.807, 2.05) is 13.0 Å². The van der Waals surface area contributed by atoms with Crippen molar-refractivity contribution in [2.24, 2.45) is 0 Å². The third kappa shape index (κ3) is 2.95. The van der Waals surface area contributed by atoms with Gasteiger partial charge in [-0.25, -0.2) is 4.98 Å². The number of hydrogen-bond donors (Lipinski definition) is 3. The number of aromatic amines is 1. The third-order valence-corrected chi connectivity index (χ3v) is 4.80. The zero-order valence-electron chi connectivity index (χ0n) is 14.0. The highest BCUT2D eigenvalue weighted by Crippen LogP contribution is 2.27. The van der Waals surface area contributed by atoms with Gasteiger partial charge in [-0.05, 0) is 50.1 Å². The zero-order valence-corrected chi connectivity index (χ0v) is 14.0. The van der Waals surface area contributed by atoms with Gasteiger partial charge in [-0.1, -0.05) is 12.8 Å². The Morgan fingerprint density at radius 2 is 1.96 bits per heavy atom. The molecule has 2 heterocycles. The van der Waals surface area contributed by atoms with E-state index in [1.54, 1.807) is 24.3 Å². The van der Waals surface area contributed by atoms with Crippen molar-refractivity contribution in [1.82, 2.24) is 20.5 Å². The first-order valence-corrected chi connectivity index (χ1v) is 8.58. The summed E-state index contributed by atoms with van der Waals surface area (Å²) in [7, 11) is 0. The number of nitrogens with one attached hydrogen (secondary N) is 2. The lowest BCUT2D eigenvalue weighted by molar-refractivity contribution is 0.0939. The number of aryl methyl sites for hydroxylation is 1. The fraction of sp³-hybridized carbons (Fsp3) is 0.316. The molecule has 0 unspecified atom stereocenters. The largest absolute Gasteiger partial charge is 0.508 e. The van der Waals surface area contributed by atoms with Crippen molar-refractivity contribution in [3.8, 4) is 17.0 Å². The highest BCUT2D eigenvalue weighted by molar-refractivity contribution is 6.07. The molecule has 6 nitrogen and oxygen atoms in total. The minimum atomic E-state index is -0.0798. The van der Waals surface area contributed by atoms with Crippen LogP contribution in [0.15, 0.2) is 30.3 Å². The van der Waals surface area contributed by atoms with Crippen molar-refractivity contribution >= 4 is 16.9 Å². The number of carbonyl (C=O) groups is 1. The van der Waals surface area contributed by atoms with Gasteiger partial charge in [0.15, 0.2) is 5.65 Å². The van der Waals surface area contributed by atoms with Crippen LogP contribution in [0.5, 0.6) is 5.75 Å². The monoisotopic (exact) mass is 336 g/mol. The lowest BCUT2D eigenvalue weighted by atomic mass is 10.0. The normalized spacial score (nSPS) is 14.9. The van der Waals surface area contributed by atoms with E-state index in [1.165, 1.54) is 12.8 Å². The molecule has 3 aromatic rings. The predicted octanol–water partition coefficient (Wildman–Crippen LogP) is 3.31. The van der Waals surface area contributed by atoms with Crippen LogP contribution < -0.4 is 5.32 Å². The van der Waals surface area contributed by atoms with Crippen molar-refractivity contribution < 1.29 is 9.90 Å². The highest BCUT2D eigenvalue weighted by atomic mass is 16.3. The molecule has 0 atom stereocenters. The van der Waals surface area contributed by atoms with Crippen LogP contribution in [-0.2, 0) is 0 Å². The second kappa shape index (κ2) is 6.20. The minimum Gasteiger partial charge on any atom is -0.508 e. The van der Waals surface area contributed by atoms with E-state index < -0.39 is 0 Å². The molecule has 1 aliphatic rings. The van der Waals surface area contributed by atoms with Crippen molar-refractivity contribution in [2.75, 3.05) is 0 Å². The van der Waals surface area contributed by atoms with Crippen molar-refractivity contribution in [3.05, 3.63) is 41.6 Å². The summed E-state index contributed by atoms with van der Waals surface area (Å²) in [5.74, 6) is 0.114. The molecule has 1 aromatic carbocycles. The van der Waals surface area contributed by atoms with E-state index in [2.05, 4.69) is 20.5 Å². The van der Waals surface area contributed by atoms with E-state index in [9.17, 15) is 9.90 Å². The molecular formula is C19H20N4O2. The Bertz CT molecular complexity index is 924. The van der Waals surface area contributed by atoms with Gasteiger partial charge in [0.25, 0.3) is 5.91 Å². The van der Waals surface area contributed by atoms with Crippen molar-refractivity contribution in [3.63, 3.8) is 0 Å². The predicted molar refractivity (Wildman–Crippen MR) is 95.4 cm³/mol. The molecule has 25 heavy (non-hydrogen) atoms. The smallest absolute Gasteiger partial charge is 0.252 e. The van der Waals surface area contributed by atoms with Gasteiger partial charge in [0, 0.05) is 17.3 Å². The van der Waals surface area contributed by atoms with Crippen LogP contribution >= 0.6 is 0 Å². The molecule has 2 aromatic heterocycles. The van der Waals surface area contributed by atoms with Crippen LogP contribution in [0.1, 0.15) is 41.7 Å². The fourth-order valence-electron chi connectivity index (χ4n) is 3.47.